The first kappa shape index (κ1) is 41.0. The second kappa shape index (κ2) is 18.8. The number of H-pyrrole nitrogens is 1. The predicted molar refractivity (Wildman–Crippen MR) is 210 cm³/mol. The van der Waals surface area contributed by atoms with Crippen LogP contribution in [0.4, 0.5) is 27.9 Å². The van der Waals surface area contributed by atoms with E-state index >= 15 is 0 Å². The summed E-state index contributed by atoms with van der Waals surface area (Å²) in [7, 11) is 0. The normalized spacial score (nSPS) is 14.8. The van der Waals surface area contributed by atoms with Crippen LogP contribution in [0.25, 0.3) is 11.2 Å². The molecule has 17 nitrogen and oxygen atoms in total. The van der Waals surface area contributed by atoms with Crippen molar-refractivity contribution in [2.75, 3.05) is 36.2 Å². The van der Waals surface area contributed by atoms with Gasteiger partial charge in [-0.2, -0.15) is 19.9 Å². The lowest BCUT2D eigenvalue weighted by atomic mass is 10.1. The van der Waals surface area contributed by atoms with E-state index in [4.69, 9.17) is 25.7 Å². The lowest BCUT2D eigenvalue weighted by Crippen LogP contribution is -2.33. The van der Waals surface area contributed by atoms with E-state index < -0.39 is 16.7 Å². The summed E-state index contributed by atoms with van der Waals surface area (Å²) in [6.45, 7) is 2.87. The Morgan fingerprint density at radius 1 is 0.855 bits per heavy atom. The molecule has 0 spiro atoms. The number of rotatable bonds is 2. The van der Waals surface area contributed by atoms with Crippen LogP contribution in [0.5, 0.6) is 12.0 Å². The topological polar surface area (TPSA) is 233 Å². The number of allylic oxidation sites excluding steroid dienone is 2. The number of hydrogen-bond acceptors (Lipinski definition) is 13. The average molecular weight is 755 g/mol. The first-order chi connectivity index (χ1) is 25.7. The third kappa shape index (κ3) is 10.0. The van der Waals surface area contributed by atoms with Crippen LogP contribution < -0.4 is 31.5 Å². The zero-order chi connectivity index (χ0) is 37.3. The van der Waals surface area contributed by atoms with Gasteiger partial charge in [0.1, 0.15) is 5.52 Å². The van der Waals surface area contributed by atoms with Crippen molar-refractivity contribution in [3.05, 3.63) is 116 Å². The number of nitro groups is 1. The van der Waals surface area contributed by atoms with Gasteiger partial charge in [-0.15, -0.1) is 0 Å². The Balaban J connectivity index is 0.000000239. The second-order valence-electron chi connectivity index (χ2n) is 12.0. The highest BCUT2D eigenvalue weighted by molar-refractivity contribution is 5.90. The summed E-state index contributed by atoms with van der Waals surface area (Å²) >= 11 is 0. The molecule has 7 rings (SSSR count). The van der Waals surface area contributed by atoms with E-state index in [9.17, 15) is 19.7 Å². The van der Waals surface area contributed by atoms with Gasteiger partial charge in [-0.05, 0) is 54.9 Å². The summed E-state index contributed by atoms with van der Waals surface area (Å²) in [6, 6.07) is 15.8. The SMILES string of the molecule is C.C.CCOC(=O)N1Cc2cccc(c2)C/C=C\CCOc2nc(N)c([N+](=O)[O-])c1n2.Nc1nc2nc3c1[nH]c(=O)n3Cc1cccc(c1)C/C=C\CCO2. The minimum Gasteiger partial charge on any atom is -0.463 e. The van der Waals surface area contributed by atoms with E-state index in [1.807, 2.05) is 48.6 Å². The molecule has 0 saturated heterocycles. The summed E-state index contributed by atoms with van der Waals surface area (Å²) < 4.78 is 17.7. The van der Waals surface area contributed by atoms with E-state index in [1.165, 1.54) is 5.56 Å². The molecule has 0 radical (unpaired) electrons. The maximum atomic E-state index is 12.7. The highest BCUT2D eigenvalue weighted by Gasteiger charge is 2.32. The van der Waals surface area contributed by atoms with E-state index in [-0.39, 0.29) is 69.8 Å². The number of nitrogens with two attached hydrogens (primary N) is 2. The number of carbonyl (C=O) groups is 1. The van der Waals surface area contributed by atoms with Crippen molar-refractivity contribution in [3.63, 3.8) is 0 Å². The molecule has 1 amide bonds. The Morgan fingerprint density at radius 3 is 2.02 bits per heavy atom. The van der Waals surface area contributed by atoms with Gasteiger partial charge in [-0.3, -0.25) is 19.6 Å². The van der Waals surface area contributed by atoms with Gasteiger partial charge >= 0.3 is 29.5 Å². The Bertz CT molecular complexity index is 2250. The van der Waals surface area contributed by atoms with Gasteiger partial charge in [-0.25, -0.2) is 9.59 Å². The fraction of sp³-hybridized carbons (Fsp3) is 0.316. The van der Waals surface area contributed by atoms with Gasteiger partial charge in [0.2, 0.25) is 11.6 Å². The number of fused-ring (bicyclic) bond motifs is 7. The minimum absolute atomic E-state index is 0. The van der Waals surface area contributed by atoms with Gasteiger partial charge in [0.15, 0.2) is 11.5 Å². The van der Waals surface area contributed by atoms with Gasteiger partial charge in [0, 0.05) is 0 Å². The van der Waals surface area contributed by atoms with Crippen LogP contribution in [0.1, 0.15) is 56.9 Å². The lowest BCUT2D eigenvalue weighted by molar-refractivity contribution is -0.383. The van der Waals surface area contributed by atoms with Crippen LogP contribution in [-0.4, -0.2) is 60.3 Å². The fourth-order valence-corrected chi connectivity index (χ4v) is 5.72. The molecule has 5 heterocycles. The first-order valence-electron chi connectivity index (χ1n) is 16.9. The number of nitrogen functional groups attached to an aromatic ring is 2. The number of imidazole rings is 1. The van der Waals surface area contributed by atoms with Crippen LogP contribution in [0.3, 0.4) is 0 Å². The molecular formula is C38H46N10O7. The molecule has 8 bridgehead atoms. The number of aromatic nitrogens is 6. The average Bonchev–Trinajstić information content (AvgIpc) is 3.44. The molecule has 2 aliphatic rings. The molecule has 17 heteroatoms. The Hall–Kier alpha value is -6.78. The van der Waals surface area contributed by atoms with Crippen LogP contribution in [0, 0.1) is 10.1 Å². The van der Waals surface area contributed by atoms with Gasteiger partial charge in [-0.1, -0.05) is 87.7 Å². The van der Waals surface area contributed by atoms with Gasteiger partial charge in [0.25, 0.3) is 0 Å². The van der Waals surface area contributed by atoms with Crippen molar-refractivity contribution < 1.29 is 23.9 Å². The van der Waals surface area contributed by atoms with E-state index in [1.54, 1.807) is 11.5 Å². The Kier molecular flexibility index (Phi) is 14.0. The second-order valence-corrected chi connectivity index (χ2v) is 12.0. The quantitative estimate of drug-likeness (QED) is 0.108. The van der Waals surface area contributed by atoms with Crippen molar-refractivity contribution in [1.82, 2.24) is 29.5 Å². The molecule has 2 aromatic carbocycles. The summed E-state index contributed by atoms with van der Waals surface area (Å²) in [5, 5.41) is 11.6. The molecule has 290 valence electrons. The third-order valence-electron chi connectivity index (χ3n) is 8.16. The van der Waals surface area contributed by atoms with Crippen LogP contribution in [-0.2, 0) is 30.7 Å². The number of aromatic amines is 1. The zero-order valence-corrected chi connectivity index (χ0v) is 28.9. The van der Waals surface area contributed by atoms with Crippen LogP contribution in [0.15, 0.2) is 77.6 Å². The molecule has 55 heavy (non-hydrogen) atoms. The number of nitrogens with one attached hydrogen (secondary N) is 1. The largest absolute Gasteiger partial charge is 0.463 e. The van der Waals surface area contributed by atoms with Crippen LogP contribution >= 0.6 is 0 Å². The monoisotopic (exact) mass is 754 g/mol. The zero-order valence-electron chi connectivity index (χ0n) is 28.9. The highest BCUT2D eigenvalue weighted by atomic mass is 16.6. The maximum Gasteiger partial charge on any atom is 0.415 e. The Morgan fingerprint density at radius 2 is 1.42 bits per heavy atom. The number of ether oxygens (including phenoxy) is 3. The molecule has 0 fully saturated rings. The summed E-state index contributed by atoms with van der Waals surface area (Å²) in [4.78, 5) is 56.1. The number of anilines is 3. The highest BCUT2D eigenvalue weighted by Crippen LogP contribution is 2.34. The van der Waals surface area contributed by atoms with Crippen molar-refractivity contribution >= 4 is 40.4 Å². The van der Waals surface area contributed by atoms with E-state index in [2.05, 4.69) is 49.2 Å². The maximum absolute atomic E-state index is 12.7. The lowest BCUT2D eigenvalue weighted by Gasteiger charge is -2.22. The molecule has 5 aromatic rings. The molecule has 5 N–H and O–H groups in total. The smallest absolute Gasteiger partial charge is 0.415 e. The number of benzene rings is 2. The van der Waals surface area contributed by atoms with Crippen molar-refractivity contribution in [3.8, 4) is 12.0 Å². The van der Waals surface area contributed by atoms with E-state index in [0.717, 1.165) is 34.4 Å². The predicted octanol–water partition coefficient (Wildman–Crippen LogP) is 5.91. The first-order valence-corrected chi connectivity index (χ1v) is 16.9. The molecular weight excluding hydrogens is 708 g/mol. The van der Waals surface area contributed by atoms with Gasteiger partial charge < -0.3 is 30.7 Å². The molecule has 2 aliphatic heterocycles. The number of nitrogens with zero attached hydrogens (tertiary/aromatic N) is 7. The number of amides is 1. The molecule has 0 saturated carbocycles. The third-order valence-corrected chi connectivity index (χ3v) is 8.16. The molecule has 3 aromatic heterocycles. The van der Waals surface area contributed by atoms with Crippen LogP contribution in [0.2, 0.25) is 0 Å². The molecule has 0 atom stereocenters. The van der Waals surface area contributed by atoms with Gasteiger partial charge in [0.05, 0.1) is 37.8 Å². The summed E-state index contributed by atoms with van der Waals surface area (Å²) in [6.07, 6.45) is 10.3. The van der Waals surface area contributed by atoms with Crippen molar-refractivity contribution in [2.24, 2.45) is 0 Å². The van der Waals surface area contributed by atoms with Crippen molar-refractivity contribution in [1.29, 1.82) is 0 Å². The van der Waals surface area contributed by atoms with Crippen molar-refractivity contribution in [2.45, 2.75) is 60.5 Å². The summed E-state index contributed by atoms with van der Waals surface area (Å²) in [5.41, 5.74) is 15.8. The number of carbonyl (C=O) groups excluding carboxylic acids is 1. The Labute approximate surface area is 317 Å². The standard InChI is InChI=1S/C19H21N5O5.C17H17N5O2.2CH4/c1-2-28-19(25)23-12-14-9-6-8-13(11-14)7-4-3-5-10-29-18-21-16(20)15(24(26)27)17(23)22-18;18-14-13-15-21-16(20-14)24-8-3-1-2-5-11-6-4-7-12(9-11)10-22(15)17(23)19-13;;/h3-4,6,8-9,11H,2,5,7,10,12H2,1H3,(H2,20,21,22);1-2,4,6-7,9H,3,5,8,10H2,(H,19,23)(H2,18,20,21);2*1H4/b4-3-;2-1-;;. The minimum atomic E-state index is -0.781. The number of hydrogen-bond donors (Lipinski definition) is 3. The summed E-state index contributed by atoms with van der Waals surface area (Å²) in [5.74, 6) is -0.447. The fourth-order valence-electron chi connectivity index (χ4n) is 5.72. The van der Waals surface area contributed by atoms with E-state index in [0.29, 0.717) is 37.2 Å². The molecule has 0 aliphatic carbocycles. The molecule has 0 unspecified atom stereocenters.